The van der Waals surface area contributed by atoms with Crippen LogP contribution in [0.1, 0.15) is 6.92 Å². The number of sulfonamides is 1. The molecule has 1 aromatic heterocycles. The number of hydrogen-bond acceptors (Lipinski definition) is 5. The van der Waals surface area contributed by atoms with Crippen LogP contribution in [0.15, 0.2) is 95.0 Å². The Kier molecular flexibility index (Phi) is 6.64. The molecular weight excluding hydrogens is 456 g/mol. The van der Waals surface area contributed by atoms with Crippen LogP contribution in [0.25, 0.3) is 22.5 Å². The van der Waals surface area contributed by atoms with Gasteiger partial charge in [-0.25, -0.2) is 18.5 Å². The zero-order chi connectivity index (χ0) is 23.4. The molecule has 0 aliphatic rings. The van der Waals surface area contributed by atoms with E-state index in [9.17, 15) is 13.2 Å². The van der Waals surface area contributed by atoms with Gasteiger partial charge in [0.2, 0.25) is 15.9 Å². The van der Waals surface area contributed by atoms with E-state index in [4.69, 9.17) is 10.1 Å². The molecule has 0 aliphatic heterocycles. The molecule has 4 rings (SSSR count). The van der Waals surface area contributed by atoms with Gasteiger partial charge in [0.25, 0.3) is 0 Å². The fraction of sp³-hybridized carbons (Fsp3) is 0.0833. The third kappa shape index (κ3) is 5.51. The number of hydrogen-bond donors (Lipinski definition) is 3. The van der Waals surface area contributed by atoms with Gasteiger partial charge in [-0.2, -0.15) is 0 Å². The number of imidazole rings is 1. The summed E-state index contributed by atoms with van der Waals surface area (Å²) in [5.41, 5.74) is 4.16. The van der Waals surface area contributed by atoms with Crippen molar-refractivity contribution in [1.82, 2.24) is 9.97 Å². The van der Waals surface area contributed by atoms with Crippen molar-refractivity contribution in [2.45, 2.75) is 22.2 Å². The average molecular weight is 479 g/mol. The number of nitrogens with zero attached hydrogens (tertiary/aromatic N) is 1. The molecule has 7 nitrogen and oxygen atoms in total. The Morgan fingerprint density at radius 1 is 0.939 bits per heavy atom. The van der Waals surface area contributed by atoms with E-state index in [0.717, 1.165) is 22.5 Å². The molecule has 4 N–H and O–H groups in total. The van der Waals surface area contributed by atoms with E-state index in [-0.39, 0.29) is 10.8 Å². The number of nitrogens with two attached hydrogens (primary N) is 1. The van der Waals surface area contributed by atoms with Crippen molar-refractivity contribution in [2.75, 3.05) is 5.32 Å². The summed E-state index contributed by atoms with van der Waals surface area (Å²) in [6.45, 7) is 1.78. The molecule has 0 spiro atoms. The van der Waals surface area contributed by atoms with Crippen LogP contribution < -0.4 is 10.5 Å². The van der Waals surface area contributed by atoms with Gasteiger partial charge in [-0.15, -0.1) is 0 Å². The Hall–Kier alpha value is -3.40. The standard InChI is InChI=1S/C24H22N4O3S2/c1-16(23(29)26-19-12-14-20(15-13-19)33(25,30)31)32-24-27-21(17-8-4-2-5-9-17)22(28-24)18-10-6-3-7-11-18/h2-16H,1H3,(H,26,29)(H,27,28)(H2,25,30,31)/t16-/m1/s1. The second kappa shape index (κ2) is 9.62. The van der Waals surface area contributed by atoms with Crippen molar-refractivity contribution in [3.8, 4) is 22.5 Å². The van der Waals surface area contributed by atoms with Gasteiger partial charge in [0.15, 0.2) is 5.16 Å². The van der Waals surface area contributed by atoms with E-state index in [2.05, 4.69) is 10.3 Å². The molecule has 1 atom stereocenters. The molecule has 0 bridgehead atoms. The molecule has 1 amide bonds. The molecule has 0 saturated carbocycles. The molecule has 0 aliphatic carbocycles. The lowest BCUT2D eigenvalue weighted by atomic mass is 10.1. The molecule has 33 heavy (non-hydrogen) atoms. The third-order valence-corrected chi connectivity index (χ3v) is 6.81. The summed E-state index contributed by atoms with van der Waals surface area (Å²) in [4.78, 5) is 20.8. The van der Waals surface area contributed by atoms with E-state index in [0.29, 0.717) is 10.8 Å². The summed E-state index contributed by atoms with van der Waals surface area (Å²) in [6, 6.07) is 25.5. The lowest BCUT2D eigenvalue weighted by Gasteiger charge is -2.11. The first-order chi connectivity index (χ1) is 15.8. The van der Waals surface area contributed by atoms with Crippen LogP contribution in [0.5, 0.6) is 0 Å². The number of carbonyl (C=O) groups is 1. The van der Waals surface area contributed by atoms with Crippen LogP contribution in [0.4, 0.5) is 5.69 Å². The van der Waals surface area contributed by atoms with Crippen molar-refractivity contribution in [3.05, 3.63) is 84.9 Å². The van der Waals surface area contributed by atoms with E-state index >= 15 is 0 Å². The zero-order valence-electron chi connectivity index (χ0n) is 17.7. The highest BCUT2D eigenvalue weighted by atomic mass is 32.2. The lowest BCUT2D eigenvalue weighted by molar-refractivity contribution is -0.115. The largest absolute Gasteiger partial charge is 0.332 e. The van der Waals surface area contributed by atoms with Gasteiger partial charge >= 0.3 is 0 Å². The minimum absolute atomic E-state index is 0.0135. The molecular formula is C24H22N4O3S2. The normalized spacial score (nSPS) is 12.3. The maximum atomic E-state index is 12.7. The summed E-state index contributed by atoms with van der Waals surface area (Å²) < 4.78 is 22.8. The number of primary sulfonamides is 1. The number of aromatic amines is 1. The number of benzene rings is 3. The van der Waals surface area contributed by atoms with Gasteiger partial charge in [0.05, 0.1) is 21.5 Å². The fourth-order valence-corrected chi connectivity index (χ4v) is 4.54. The van der Waals surface area contributed by atoms with Crippen LogP contribution in [-0.4, -0.2) is 29.5 Å². The highest BCUT2D eigenvalue weighted by Gasteiger charge is 2.20. The van der Waals surface area contributed by atoms with Crippen LogP contribution >= 0.6 is 11.8 Å². The molecule has 0 unspecified atom stereocenters. The van der Waals surface area contributed by atoms with E-state index in [1.54, 1.807) is 6.92 Å². The molecule has 4 aromatic rings. The van der Waals surface area contributed by atoms with E-state index < -0.39 is 15.3 Å². The second-order valence-corrected chi connectivity index (χ2v) is 10.2. The van der Waals surface area contributed by atoms with Gasteiger partial charge in [0.1, 0.15) is 0 Å². The summed E-state index contributed by atoms with van der Waals surface area (Å²) in [7, 11) is -3.78. The Morgan fingerprint density at radius 2 is 1.52 bits per heavy atom. The number of rotatable bonds is 7. The fourth-order valence-electron chi connectivity index (χ4n) is 3.22. The first-order valence-electron chi connectivity index (χ1n) is 10.1. The smallest absolute Gasteiger partial charge is 0.238 e. The van der Waals surface area contributed by atoms with Gasteiger partial charge < -0.3 is 10.3 Å². The number of carbonyl (C=O) groups excluding carboxylic acids is 1. The number of anilines is 1. The van der Waals surface area contributed by atoms with Crippen LogP contribution in [0.3, 0.4) is 0 Å². The Labute approximate surface area is 196 Å². The van der Waals surface area contributed by atoms with Crippen LogP contribution in [0.2, 0.25) is 0 Å². The highest BCUT2D eigenvalue weighted by molar-refractivity contribution is 8.00. The van der Waals surface area contributed by atoms with Crippen molar-refractivity contribution in [3.63, 3.8) is 0 Å². The maximum absolute atomic E-state index is 12.7. The van der Waals surface area contributed by atoms with Crippen LogP contribution in [0, 0.1) is 0 Å². The van der Waals surface area contributed by atoms with Crippen molar-refractivity contribution < 1.29 is 13.2 Å². The molecule has 3 aromatic carbocycles. The molecule has 0 radical (unpaired) electrons. The number of thioether (sulfide) groups is 1. The Morgan fingerprint density at radius 3 is 2.09 bits per heavy atom. The maximum Gasteiger partial charge on any atom is 0.238 e. The van der Waals surface area contributed by atoms with E-state index in [1.807, 2.05) is 60.7 Å². The molecule has 0 fully saturated rings. The van der Waals surface area contributed by atoms with Gasteiger partial charge in [-0.3, -0.25) is 4.79 Å². The Balaban J connectivity index is 1.53. The van der Waals surface area contributed by atoms with Gasteiger partial charge in [-0.05, 0) is 31.2 Å². The van der Waals surface area contributed by atoms with E-state index in [1.165, 1.54) is 36.0 Å². The molecule has 9 heteroatoms. The zero-order valence-corrected chi connectivity index (χ0v) is 19.4. The average Bonchev–Trinajstić information content (AvgIpc) is 3.24. The van der Waals surface area contributed by atoms with Gasteiger partial charge in [-0.1, -0.05) is 72.4 Å². The second-order valence-electron chi connectivity index (χ2n) is 7.32. The van der Waals surface area contributed by atoms with Crippen molar-refractivity contribution >= 4 is 33.4 Å². The lowest BCUT2D eigenvalue weighted by Crippen LogP contribution is -2.22. The predicted octanol–water partition coefficient (Wildman–Crippen LogP) is 4.51. The van der Waals surface area contributed by atoms with Crippen LogP contribution in [-0.2, 0) is 14.8 Å². The number of H-pyrrole nitrogens is 1. The van der Waals surface area contributed by atoms with Crippen molar-refractivity contribution in [2.24, 2.45) is 5.14 Å². The minimum atomic E-state index is -3.78. The number of amides is 1. The predicted molar refractivity (Wildman–Crippen MR) is 131 cm³/mol. The monoisotopic (exact) mass is 478 g/mol. The summed E-state index contributed by atoms with van der Waals surface area (Å²) in [6.07, 6.45) is 0. The first kappa shape index (κ1) is 22.8. The molecule has 1 heterocycles. The summed E-state index contributed by atoms with van der Waals surface area (Å²) in [5, 5.41) is 8.07. The quantitative estimate of drug-likeness (QED) is 0.338. The highest BCUT2D eigenvalue weighted by Crippen LogP contribution is 2.33. The summed E-state index contributed by atoms with van der Waals surface area (Å²) in [5.74, 6) is -0.234. The third-order valence-electron chi connectivity index (χ3n) is 4.90. The van der Waals surface area contributed by atoms with Crippen molar-refractivity contribution in [1.29, 1.82) is 0 Å². The topological polar surface area (TPSA) is 118 Å². The SMILES string of the molecule is C[C@@H](Sc1nc(-c2ccccc2)c(-c2ccccc2)[nH]1)C(=O)Nc1ccc(S(N)(=O)=O)cc1. The molecule has 0 saturated heterocycles. The van der Waals surface area contributed by atoms with Gasteiger partial charge in [0, 0.05) is 16.8 Å². The summed E-state index contributed by atoms with van der Waals surface area (Å²) >= 11 is 1.31. The first-order valence-corrected chi connectivity index (χ1v) is 12.5. The minimum Gasteiger partial charge on any atom is -0.332 e. The Bertz CT molecular complexity index is 1300. The number of aromatic nitrogens is 2. The molecule has 168 valence electrons. The number of nitrogens with one attached hydrogen (secondary N) is 2.